The van der Waals surface area contributed by atoms with Gasteiger partial charge in [0, 0.05) is 7.11 Å². The van der Waals surface area contributed by atoms with Gasteiger partial charge in [-0.15, -0.1) is 0 Å². The van der Waals surface area contributed by atoms with Gasteiger partial charge in [0.15, 0.2) is 6.29 Å². The molecule has 0 aromatic rings. The van der Waals surface area contributed by atoms with Gasteiger partial charge in [-0.1, -0.05) is 0 Å². The molecule has 0 saturated carbocycles. The molecule has 0 amide bonds. The highest BCUT2D eigenvalue weighted by atomic mass is 127. The summed E-state index contributed by atoms with van der Waals surface area (Å²) in [4.78, 5) is 10.5. The predicted octanol–water partition coefficient (Wildman–Crippen LogP) is 0.316. The van der Waals surface area contributed by atoms with Gasteiger partial charge >= 0.3 is 0 Å². The first-order valence-corrected chi connectivity index (χ1v) is 4.89. The highest BCUT2D eigenvalue weighted by molar-refractivity contribution is 14.1. The lowest BCUT2D eigenvalue weighted by atomic mass is 10.0. The fourth-order valence-corrected chi connectivity index (χ4v) is 1.75. The van der Waals surface area contributed by atoms with Gasteiger partial charge in [-0.05, 0) is 29.0 Å². The normalized spacial score (nSPS) is 42.6. The fourth-order valence-electron chi connectivity index (χ4n) is 1.17. The van der Waals surface area contributed by atoms with E-state index < -0.39 is 12.4 Å². The Hall–Kier alpha value is 0.280. The number of aliphatic hydroxyl groups excluding tert-OH is 1. The second-order valence-electron chi connectivity index (χ2n) is 2.69. The first kappa shape index (κ1) is 10.4. The average molecular weight is 286 g/mol. The van der Waals surface area contributed by atoms with E-state index in [1.807, 2.05) is 22.6 Å². The second kappa shape index (κ2) is 4.50. The Labute approximate surface area is 84.4 Å². The van der Waals surface area contributed by atoms with Crippen molar-refractivity contribution in [3.05, 3.63) is 0 Å². The van der Waals surface area contributed by atoms with Crippen LogP contribution >= 0.6 is 22.6 Å². The number of aldehydes is 1. The standard InChI is InChI=1S/C7H11IO4/c1-11-7-4(3-9)2-5(10)6(8)12-7/h3-7,10H,2H2,1H3/t4-,5+,6+,7?/m0/s1. The lowest BCUT2D eigenvalue weighted by molar-refractivity contribution is -0.205. The maximum atomic E-state index is 10.5. The summed E-state index contributed by atoms with van der Waals surface area (Å²) < 4.78 is 9.89. The van der Waals surface area contributed by atoms with E-state index in [0.29, 0.717) is 6.42 Å². The average Bonchev–Trinajstić information content (AvgIpc) is 2.09. The molecule has 4 atom stereocenters. The van der Waals surface area contributed by atoms with Crippen molar-refractivity contribution in [3.63, 3.8) is 0 Å². The lowest BCUT2D eigenvalue weighted by Gasteiger charge is -2.33. The molecule has 0 aromatic carbocycles. The van der Waals surface area contributed by atoms with E-state index in [1.54, 1.807) is 0 Å². The van der Waals surface area contributed by atoms with Gasteiger partial charge < -0.3 is 19.4 Å². The molecule has 1 aliphatic rings. The summed E-state index contributed by atoms with van der Waals surface area (Å²) in [6, 6.07) is 0. The highest BCUT2D eigenvalue weighted by Gasteiger charge is 2.35. The van der Waals surface area contributed by atoms with Gasteiger partial charge in [-0.25, -0.2) is 0 Å². The monoisotopic (exact) mass is 286 g/mol. The largest absolute Gasteiger partial charge is 0.390 e. The SMILES string of the molecule is COC1O[C@@H](I)[C@H](O)C[C@H]1C=O. The summed E-state index contributed by atoms with van der Waals surface area (Å²) in [5.41, 5.74) is 0. The van der Waals surface area contributed by atoms with Crippen LogP contribution in [-0.4, -0.2) is 35.0 Å². The quantitative estimate of drug-likeness (QED) is 0.451. The molecule has 1 rings (SSSR count). The maximum Gasteiger partial charge on any atom is 0.168 e. The van der Waals surface area contributed by atoms with Crippen LogP contribution in [0.5, 0.6) is 0 Å². The van der Waals surface area contributed by atoms with E-state index in [1.165, 1.54) is 7.11 Å². The summed E-state index contributed by atoms with van der Waals surface area (Å²) in [7, 11) is 1.49. The summed E-state index contributed by atoms with van der Waals surface area (Å²) in [5, 5.41) is 9.35. The summed E-state index contributed by atoms with van der Waals surface area (Å²) in [6.45, 7) is 0. The molecule has 0 aromatic heterocycles. The van der Waals surface area contributed by atoms with Crippen LogP contribution < -0.4 is 0 Å². The molecule has 0 aliphatic carbocycles. The number of halogens is 1. The zero-order chi connectivity index (χ0) is 9.14. The van der Waals surface area contributed by atoms with Gasteiger partial charge in [0.05, 0.1) is 12.0 Å². The third-order valence-electron chi connectivity index (χ3n) is 1.84. The third-order valence-corrected chi connectivity index (χ3v) is 2.96. The van der Waals surface area contributed by atoms with Crippen molar-refractivity contribution in [2.45, 2.75) is 22.9 Å². The summed E-state index contributed by atoms with van der Waals surface area (Å²) in [6.07, 6.45) is 0.0928. The van der Waals surface area contributed by atoms with Gasteiger partial charge in [0.1, 0.15) is 10.4 Å². The minimum absolute atomic E-state index is 0.288. The first-order chi connectivity index (χ1) is 5.69. The van der Waals surface area contributed by atoms with E-state index in [2.05, 4.69) is 0 Å². The van der Waals surface area contributed by atoms with Gasteiger partial charge in [0.25, 0.3) is 0 Å². The molecule has 1 N–H and O–H groups in total. The molecule has 1 unspecified atom stereocenters. The zero-order valence-corrected chi connectivity index (χ0v) is 8.80. The first-order valence-electron chi connectivity index (χ1n) is 3.64. The number of carbonyl (C=O) groups is 1. The lowest BCUT2D eigenvalue weighted by Crippen LogP contribution is -2.42. The molecule has 1 fully saturated rings. The molecule has 5 heteroatoms. The van der Waals surface area contributed by atoms with Crippen LogP contribution in [0.25, 0.3) is 0 Å². The molecule has 0 spiro atoms. The molecule has 1 aliphatic heterocycles. The Balaban J connectivity index is 2.57. The van der Waals surface area contributed by atoms with Crippen molar-refractivity contribution >= 4 is 28.9 Å². The topological polar surface area (TPSA) is 55.8 Å². The number of aliphatic hydroxyl groups is 1. The van der Waals surface area contributed by atoms with Crippen LogP contribution in [0, 0.1) is 5.92 Å². The van der Waals surface area contributed by atoms with Crippen molar-refractivity contribution in [2.24, 2.45) is 5.92 Å². The van der Waals surface area contributed by atoms with Crippen molar-refractivity contribution < 1.29 is 19.4 Å². The fraction of sp³-hybridized carbons (Fsp3) is 0.857. The molecule has 0 bridgehead atoms. The molecule has 4 nitrogen and oxygen atoms in total. The van der Waals surface area contributed by atoms with Crippen molar-refractivity contribution in [2.75, 3.05) is 7.11 Å². The Morgan fingerprint density at radius 3 is 2.92 bits per heavy atom. The molecule has 1 heterocycles. The minimum atomic E-state index is -0.577. The highest BCUT2D eigenvalue weighted by Crippen LogP contribution is 2.27. The number of alkyl halides is 1. The Morgan fingerprint density at radius 1 is 1.75 bits per heavy atom. The van der Waals surface area contributed by atoms with Gasteiger partial charge in [-0.2, -0.15) is 0 Å². The third kappa shape index (κ3) is 2.15. The smallest absolute Gasteiger partial charge is 0.168 e. The molecular weight excluding hydrogens is 275 g/mol. The number of ether oxygens (including phenoxy) is 2. The van der Waals surface area contributed by atoms with Crippen molar-refractivity contribution in [1.82, 2.24) is 0 Å². The Kier molecular flexibility index (Phi) is 3.88. The predicted molar refractivity (Wildman–Crippen MR) is 49.9 cm³/mol. The van der Waals surface area contributed by atoms with E-state index in [0.717, 1.165) is 6.29 Å². The molecular formula is C7H11IO4. The van der Waals surface area contributed by atoms with E-state index >= 15 is 0 Å². The van der Waals surface area contributed by atoms with Crippen LogP contribution in [0.2, 0.25) is 0 Å². The Morgan fingerprint density at radius 2 is 2.42 bits per heavy atom. The summed E-state index contributed by atoms with van der Waals surface area (Å²) >= 11 is 1.98. The van der Waals surface area contributed by atoms with Gasteiger partial charge in [-0.3, -0.25) is 0 Å². The molecule has 70 valence electrons. The van der Waals surface area contributed by atoms with E-state index in [9.17, 15) is 9.90 Å². The van der Waals surface area contributed by atoms with Crippen LogP contribution in [0.1, 0.15) is 6.42 Å². The number of rotatable bonds is 2. The molecule has 12 heavy (non-hydrogen) atoms. The molecule has 1 saturated heterocycles. The van der Waals surface area contributed by atoms with Crippen LogP contribution in [0.4, 0.5) is 0 Å². The number of hydrogen-bond acceptors (Lipinski definition) is 4. The number of hydrogen-bond donors (Lipinski definition) is 1. The Bertz CT molecular complexity index is 163. The zero-order valence-electron chi connectivity index (χ0n) is 6.64. The van der Waals surface area contributed by atoms with E-state index in [4.69, 9.17) is 9.47 Å². The van der Waals surface area contributed by atoms with Crippen molar-refractivity contribution in [1.29, 1.82) is 0 Å². The minimum Gasteiger partial charge on any atom is -0.390 e. The molecule has 0 radical (unpaired) electrons. The van der Waals surface area contributed by atoms with Crippen LogP contribution in [0.15, 0.2) is 0 Å². The number of methoxy groups -OCH3 is 1. The van der Waals surface area contributed by atoms with Crippen LogP contribution in [-0.2, 0) is 14.3 Å². The van der Waals surface area contributed by atoms with Crippen LogP contribution in [0.3, 0.4) is 0 Å². The summed E-state index contributed by atoms with van der Waals surface area (Å²) in [5.74, 6) is -0.351. The number of carbonyl (C=O) groups excluding carboxylic acids is 1. The van der Waals surface area contributed by atoms with Gasteiger partial charge in [0.2, 0.25) is 0 Å². The van der Waals surface area contributed by atoms with E-state index in [-0.39, 0.29) is 10.0 Å². The van der Waals surface area contributed by atoms with Crippen molar-refractivity contribution in [3.8, 4) is 0 Å². The maximum absolute atomic E-state index is 10.5. The second-order valence-corrected chi connectivity index (χ2v) is 3.92.